The van der Waals surface area contributed by atoms with E-state index in [-0.39, 0.29) is 30.6 Å². The minimum atomic E-state index is -3.74. The molecular formula is C22H21N3O6S. The number of fused-ring (bicyclic) bond motifs is 2. The van der Waals surface area contributed by atoms with Crippen LogP contribution in [0, 0.1) is 0 Å². The molecule has 1 amide bonds. The number of cyclic esters (lactones) is 1. The summed E-state index contributed by atoms with van der Waals surface area (Å²) in [6.45, 7) is 0.705. The number of anilines is 2. The molecule has 3 aromatic rings. The first kappa shape index (κ1) is 20.5. The number of hydrogen-bond donors (Lipinski definition) is 1. The molecule has 2 N–H and O–H groups in total. The van der Waals surface area contributed by atoms with Crippen LogP contribution in [-0.4, -0.2) is 37.9 Å². The maximum atomic E-state index is 13.2. The first-order valence-corrected chi connectivity index (χ1v) is 11.7. The molecule has 1 saturated heterocycles. The standard InChI is InChI=1S/C22H21N3O6S/c23-16-2-4-19-15(11-16)13-30-22(27)25(19)17-7-9-24(10-8-17)32(28,29)18-3-5-20-14(12-18)1-6-21(26)31-20/h1-6,11-12,17H,7-10,13,23H2. The summed E-state index contributed by atoms with van der Waals surface area (Å²) in [6, 6.07) is 12.4. The number of carbonyl (C=O) groups excluding carboxylic acids is 1. The Morgan fingerprint density at radius 1 is 0.969 bits per heavy atom. The van der Waals surface area contributed by atoms with Crippen LogP contribution in [-0.2, 0) is 21.4 Å². The van der Waals surface area contributed by atoms with Crippen LogP contribution in [0.3, 0.4) is 0 Å². The van der Waals surface area contributed by atoms with Crippen LogP contribution < -0.4 is 16.3 Å². The Morgan fingerprint density at radius 2 is 1.75 bits per heavy atom. The molecule has 5 rings (SSSR count). The number of nitrogen functional groups attached to an aromatic ring is 1. The lowest BCUT2D eigenvalue weighted by Gasteiger charge is -2.39. The van der Waals surface area contributed by atoms with E-state index in [2.05, 4.69) is 0 Å². The Hall–Kier alpha value is -3.37. The fourth-order valence-electron chi connectivity index (χ4n) is 4.31. The Morgan fingerprint density at radius 3 is 2.53 bits per heavy atom. The molecule has 0 unspecified atom stereocenters. The van der Waals surface area contributed by atoms with Crippen molar-refractivity contribution >= 4 is 38.5 Å². The van der Waals surface area contributed by atoms with Crippen molar-refractivity contribution in [2.24, 2.45) is 0 Å². The second-order valence-electron chi connectivity index (χ2n) is 7.90. The summed E-state index contributed by atoms with van der Waals surface area (Å²) >= 11 is 0. The molecule has 166 valence electrons. The van der Waals surface area contributed by atoms with Crippen molar-refractivity contribution in [1.29, 1.82) is 0 Å². The van der Waals surface area contributed by atoms with E-state index in [1.54, 1.807) is 23.1 Å². The summed E-state index contributed by atoms with van der Waals surface area (Å²) in [4.78, 5) is 25.6. The van der Waals surface area contributed by atoms with E-state index in [9.17, 15) is 18.0 Å². The van der Waals surface area contributed by atoms with Crippen molar-refractivity contribution in [3.05, 3.63) is 64.5 Å². The monoisotopic (exact) mass is 455 g/mol. The number of ether oxygens (including phenoxy) is 1. The van der Waals surface area contributed by atoms with Gasteiger partial charge in [-0.15, -0.1) is 0 Å². The van der Waals surface area contributed by atoms with Crippen molar-refractivity contribution in [3.8, 4) is 0 Å². The van der Waals surface area contributed by atoms with Crippen LogP contribution in [0.15, 0.2) is 62.6 Å². The van der Waals surface area contributed by atoms with Gasteiger partial charge in [0.05, 0.1) is 10.6 Å². The highest BCUT2D eigenvalue weighted by molar-refractivity contribution is 7.89. The first-order valence-electron chi connectivity index (χ1n) is 10.2. The van der Waals surface area contributed by atoms with Gasteiger partial charge in [-0.2, -0.15) is 4.31 Å². The Balaban J connectivity index is 1.36. The van der Waals surface area contributed by atoms with Gasteiger partial charge < -0.3 is 14.9 Å². The van der Waals surface area contributed by atoms with Gasteiger partial charge in [0.2, 0.25) is 10.0 Å². The third-order valence-corrected chi connectivity index (χ3v) is 7.82. The largest absolute Gasteiger partial charge is 0.444 e. The van der Waals surface area contributed by atoms with E-state index >= 15 is 0 Å². The van der Waals surface area contributed by atoms with Gasteiger partial charge in [-0.05, 0) is 55.3 Å². The smallest absolute Gasteiger partial charge is 0.414 e. The molecule has 2 aliphatic heterocycles. The van der Waals surface area contributed by atoms with E-state index in [1.807, 2.05) is 6.07 Å². The highest BCUT2D eigenvalue weighted by Crippen LogP contribution is 2.34. The quantitative estimate of drug-likeness (QED) is 0.476. The second kappa shape index (κ2) is 7.64. The maximum Gasteiger partial charge on any atom is 0.414 e. The third-order valence-electron chi connectivity index (χ3n) is 5.93. The van der Waals surface area contributed by atoms with E-state index in [1.165, 1.54) is 28.6 Å². The summed E-state index contributed by atoms with van der Waals surface area (Å²) < 4.78 is 38.2. The predicted octanol–water partition coefficient (Wildman–Crippen LogP) is 2.69. The average Bonchev–Trinajstić information content (AvgIpc) is 2.79. The van der Waals surface area contributed by atoms with Crippen molar-refractivity contribution in [1.82, 2.24) is 4.31 Å². The molecule has 0 radical (unpaired) electrons. The van der Waals surface area contributed by atoms with E-state index in [0.717, 1.165) is 11.3 Å². The topological polar surface area (TPSA) is 123 Å². The van der Waals surface area contributed by atoms with Crippen LogP contribution in [0.2, 0.25) is 0 Å². The molecule has 0 bridgehead atoms. The number of benzene rings is 2. The van der Waals surface area contributed by atoms with Crippen LogP contribution in [0.4, 0.5) is 16.2 Å². The van der Waals surface area contributed by atoms with E-state index in [0.29, 0.717) is 29.5 Å². The summed E-state index contributed by atoms with van der Waals surface area (Å²) in [5, 5.41) is 0.535. The fraction of sp³-hybridized carbons (Fsp3) is 0.273. The average molecular weight is 455 g/mol. The van der Waals surface area contributed by atoms with Gasteiger partial charge in [0, 0.05) is 41.8 Å². The Bertz CT molecular complexity index is 1380. The first-order chi connectivity index (χ1) is 15.3. The molecule has 1 fully saturated rings. The number of sulfonamides is 1. The molecule has 10 heteroatoms. The molecule has 32 heavy (non-hydrogen) atoms. The second-order valence-corrected chi connectivity index (χ2v) is 9.84. The molecule has 1 aromatic heterocycles. The van der Waals surface area contributed by atoms with Gasteiger partial charge >= 0.3 is 11.7 Å². The van der Waals surface area contributed by atoms with Gasteiger partial charge in [0.15, 0.2) is 0 Å². The molecule has 0 spiro atoms. The number of nitrogens with zero attached hydrogens (tertiary/aromatic N) is 2. The number of amides is 1. The third kappa shape index (κ3) is 3.51. The molecule has 2 aliphatic rings. The van der Waals surface area contributed by atoms with Crippen molar-refractivity contribution in [2.45, 2.75) is 30.4 Å². The number of nitrogens with two attached hydrogens (primary N) is 1. The Labute approximate surface area is 184 Å². The molecule has 0 atom stereocenters. The normalized spacial score (nSPS) is 17.9. The van der Waals surface area contributed by atoms with E-state index in [4.69, 9.17) is 14.9 Å². The zero-order valence-corrected chi connectivity index (χ0v) is 17.9. The molecule has 2 aromatic carbocycles. The van der Waals surface area contributed by atoms with Gasteiger partial charge in [0.1, 0.15) is 12.2 Å². The number of carbonyl (C=O) groups is 1. The van der Waals surface area contributed by atoms with Gasteiger partial charge in [-0.1, -0.05) is 0 Å². The predicted molar refractivity (Wildman–Crippen MR) is 118 cm³/mol. The lowest BCUT2D eigenvalue weighted by molar-refractivity contribution is 0.136. The molecule has 9 nitrogen and oxygen atoms in total. The minimum absolute atomic E-state index is 0.135. The lowest BCUT2D eigenvalue weighted by atomic mass is 10.0. The van der Waals surface area contributed by atoms with Crippen molar-refractivity contribution in [3.63, 3.8) is 0 Å². The highest BCUT2D eigenvalue weighted by atomic mass is 32.2. The fourth-order valence-corrected chi connectivity index (χ4v) is 5.81. The van der Waals surface area contributed by atoms with Crippen LogP contribution in [0.25, 0.3) is 11.0 Å². The lowest BCUT2D eigenvalue weighted by Crippen LogP contribution is -2.50. The molecule has 0 saturated carbocycles. The number of rotatable bonds is 3. The molecule has 3 heterocycles. The van der Waals surface area contributed by atoms with Crippen molar-refractivity contribution < 1.29 is 22.4 Å². The minimum Gasteiger partial charge on any atom is -0.444 e. The Kier molecular flexibility index (Phi) is 4.90. The van der Waals surface area contributed by atoms with Crippen LogP contribution in [0.5, 0.6) is 0 Å². The zero-order valence-electron chi connectivity index (χ0n) is 17.1. The van der Waals surface area contributed by atoms with E-state index < -0.39 is 21.7 Å². The SMILES string of the molecule is Nc1ccc2c(c1)COC(=O)N2C1CCN(S(=O)(=O)c2ccc3oc(=O)ccc3c2)CC1. The van der Waals surface area contributed by atoms with Crippen LogP contribution in [0.1, 0.15) is 18.4 Å². The zero-order chi connectivity index (χ0) is 22.5. The van der Waals surface area contributed by atoms with Crippen molar-refractivity contribution in [2.75, 3.05) is 23.7 Å². The summed E-state index contributed by atoms with van der Waals surface area (Å²) in [5.74, 6) is 0. The highest BCUT2D eigenvalue weighted by Gasteiger charge is 2.37. The molecule has 0 aliphatic carbocycles. The summed E-state index contributed by atoms with van der Waals surface area (Å²) in [6.07, 6.45) is 0.515. The number of piperidine rings is 1. The molecular weight excluding hydrogens is 434 g/mol. The maximum absolute atomic E-state index is 13.2. The summed E-state index contributed by atoms with van der Waals surface area (Å²) in [5.41, 5.74) is 7.88. The number of hydrogen-bond acceptors (Lipinski definition) is 7. The van der Waals surface area contributed by atoms with Crippen LogP contribution >= 0.6 is 0 Å². The van der Waals surface area contributed by atoms with Gasteiger partial charge in [-0.3, -0.25) is 4.90 Å². The summed E-state index contributed by atoms with van der Waals surface area (Å²) in [7, 11) is -3.74. The van der Waals surface area contributed by atoms with Gasteiger partial charge in [0.25, 0.3) is 0 Å². The van der Waals surface area contributed by atoms with Gasteiger partial charge in [-0.25, -0.2) is 18.0 Å².